The molecule has 0 saturated carbocycles. The Morgan fingerprint density at radius 3 is 2.90 bits per heavy atom. The van der Waals surface area contributed by atoms with Gasteiger partial charge in [0, 0.05) is 19.6 Å². The molecule has 1 aromatic rings. The minimum absolute atomic E-state index is 0.376. The molecule has 0 spiro atoms. The van der Waals surface area contributed by atoms with Crippen molar-refractivity contribution in [1.82, 2.24) is 15.2 Å². The summed E-state index contributed by atoms with van der Waals surface area (Å²) < 4.78 is 18.0. The van der Waals surface area contributed by atoms with Crippen LogP contribution in [0.1, 0.15) is 19.0 Å². The molecule has 0 bridgehead atoms. The maximum absolute atomic E-state index is 13.1. The predicted molar refractivity (Wildman–Crippen MR) is 72.6 cm³/mol. The van der Waals surface area contributed by atoms with Gasteiger partial charge in [0.1, 0.15) is 5.82 Å². The van der Waals surface area contributed by atoms with Crippen LogP contribution in [0.25, 0.3) is 0 Å². The fraction of sp³-hybridized carbons (Fsp3) is 0.571. The molecule has 1 fully saturated rings. The summed E-state index contributed by atoms with van der Waals surface area (Å²) in [4.78, 5) is 18.4. The zero-order valence-electron chi connectivity index (χ0n) is 11.9. The van der Waals surface area contributed by atoms with Gasteiger partial charge in [0.05, 0.1) is 19.0 Å². The van der Waals surface area contributed by atoms with E-state index in [0.717, 1.165) is 32.3 Å². The highest BCUT2D eigenvalue weighted by molar-refractivity contribution is 5.81. The molecule has 6 heteroatoms. The number of pyridine rings is 1. The lowest BCUT2D eigenvalue weighted by Gasteiger charge is -2.37. The van der Waals surface area contributed by atoms with Gasteiger partial charge in [-0.05, 0) is 32.0 Å². The number of halogens is 1. The summed E-state index contributed by atoms with van der Waals surface area (Å²) in [6.07, 6.45) is 2.07. The van der Waals surface area contributed by atoms with E-state index in [2.05, 4.69) is 10.3 Å². The Hall–Kier alpha value is -1.53. The summed E-state index contributed by atoms with van der Waals surface area (Å²) in [6.45, 7) is 4.98. The highest BCUT2D eigenvalue weighted by atomic mass is 19.1. The molecule has 0 aliphatic carbocycles. The number of ether oxygens (including phenoxy) is 1. The second-order valence-corrected chi connectivity index (χ2v) is 5.02. The third-order valence-corrected chi connectivity index (χ3v) is 3.78. The number of carbonyl (C=O) groups is 1. The molecule has 0 amide bonds. The van der Waals surface area contributed by atoms with Crippen molar-refractivity contribution in [2.75, 3.05) is 33.3 Å². The Bertz CT molecular complexity index is 458. The van der Waals surface area contributed by atoms with Crippen LogP contribution in [0.5, 0.6) is 0 Å². The van der Waals surface area contributed by atoms with Crippen LogP contribution in [0.3, 0.4) is 0 Å². The van der Waals surface area contributed by atoms with E-state index in [4.69, 9.17) is 4.74 Å². The summed E-state index contributed by atoms with van der Waals surface area (Å²) in [5, 5.41) is 3.29. The average molecular weight is 281 g/mol. The number of aromatic nitrogens is 1. The molecule has 1 aliphatic heterocycles. The number of hydrogen-bond donors (Lipinski definition) is 1. The molecular formula is C14H20FN3O2. The fourth-order valence-corrected chi connectivity index (χ4v) is 2.55. The highest BCUT2D eigenvalue weighted by Crippen LogP contribution is 2.29. The second-order valence-electron chi connectivity index (χ2n) is 5.02. The van der Waals surface area contributed by atoms with E-state index in [1.165, 1.54) is 13.2 Å². The van der Waals surface area contributed by atoms with E-state index >= 15 is 0 Å². The van der Waals surface area contributed by atoms with Crippen molar-refractivity contribution in [3.05, 3.63) is 29.8 Å². The van der Waals surface area contributed by atoms with E-state index in [9.17, 15) is 9.18 Å². The molecular weight excluding hydrogens is 261 g/mol. The van der Waals surface area contributed by atoms with Crippen LogP contribution in [-0.2, 0) is 15.1 Å². The molecule has 1 aliphatic rings. The van der Waals surface area contributed by atoms with Crippen LogP contribution in [0, 0.1) is 5.82 Å². The number of methoxy groups -OCH3 is 1. The summed E-state index contributed by atoms with van der Waals surface area (Å²) in [5.74, 6) is -0.794. The van der Waals surface area contributed by atoms with Gasteiger partial charge in [0.15, 0.2) is 5.54 Å². The molecule has 0 radical (unpaired) electrons. The molecule has 0 aromatic carbocycles. The van der Waals surface area contributed by atoms with Crippen molar-refractivity contribution >= 4 is 5.97 Å². The lowest BCUT2D eigenvalue weighted by molar-refractivity contribution is -0.155. The lowest BCUT2D eigenvalue weighted by atomic mass is 9.94. The van der Waals surface area contributed by atoms with Gasteiger partial charge in [0.25, 0.3) is 0 Å². The van der Waals surface area contributed by atoms with Crippen LogP contribution in [0.4, 0.5) is 4.39 Å². The van der Waals surface area contributed by atoms with E-state index in [1.54, 1.807) is 13.0 Å². The second kappa shape index (κ2) is 6.28. The third-order valence-electron chi connectivity index (χ3n) is 3.78. The Morgan fingerprint density at radius 2 is 2.25 bits per heavy atom. The number of nitrogens with zero attached hydrogens (tertiary/aromatic N) is 2. The largest absolute Gasteiger partial charge is 0.467 e. The topological polar surface area (TPSA) is 54.5 Å². The monoisotopic (exact) mass is 281 g/mol. The molecule has 2 rings (SSSR count). The average Bonchev–Trinajstić information content (AvgIpc) is 2.75. The first-order chi connectivity index (χ1) is 9.59. The van der Waals surface area contributed by atoms with Crippen LogP contribution in [0.15, 0.2) is 18.3 Å². The minimum Gasteiger partial charge on any atom is -0.467 e. The summed E-state index contributed by atoms with van der Waals surface area (Å²) in [5.41, 5.74) is -0.485. The van der Waals surface area contributed by atoms with Crippen molar-refractivity contribution in [3.8, 4) is 0 Å². The van der Waals surface area contributed by atoms with Crippen molar-refractivity contribution in [1.29, 1.82) is 0 Å². The maximum Gasteiger partial charge on any atom is 0.332 e. The smallest absolute Gasteiger partial charge is 0.332 e. The van der Waals surface area contributed by atoms with Gasteiger partial charge in [-0.15, -0.1) is 0 Å². The van der Waals surface area contributed by atoms with Crippen molar-refractivity contribution in [3.63, 3.8) is 0 Å². The summed E-state index contributed by atoms with van der Waals surface area (Å²) in [6, 6.07) is 2.87. The molecule has 1 unspecified atom stereocenters. The van der Waals surface area contributed by atoms with Gasteiger partial charge in [-0.1, -0.05) is 0 Å². The first kappa shape index (κ1) is 14.9. The van der Waals surface area contributed by atoms with Gasteiger partial charge in [-0.2, -0.15) is 0 Å². The number of rotatable bonds is 3. The van der Waals surface area contributed by atoms with Crippen molar-refractivity contribution in [2.45, 2.75) is 18.9 Å². The van der Waals surface area contributed by atoms with E-state index in [0.29, 0.717) is 12.2 Å². The molecule has 1 saturated heterocycles. The van der Waals surface area contributed by atoms with Gasteiger partial charge < -0.3 is 10.1 Å². The molecule has 2 heterocycles. The van der Waals surface area contributed by atoms with E-state index in [-0.39, 0.29) is 5.97 Å². The Kier molecular flexibility index (Phi) is 4.67. The standard InChI is InChI=1S/C14H20FN3O2/c1-14(13(19)20-2,12-5-4-11(15)10-17-12)18-8-3-6-16-7-9-18/h4-5,10,16H,3,6-9H2,1-2H3. The number of esters is 1. The molecule has 20 heavy (non-hydrogen) atoms. The zero-order chi connectivity index (χ0) is 14.6. The first-order valence-electron chi connectivity index (χ1n) is 6.75. The van der Waals surface area contributed by atoms with Crippen LogP contribution in [0.2, 0.25) is 0 Å². The molecule has 5 nitrogen and oxygen atoms in total. The van der Waals surface area contributed by atoms with Crippen LogP contribution < -0.4 is 5.32 Å². The van der Waals surface area contributed by atoms with Gasteiger partial charge in [-0.25, -0.2) is 9.18 Å². The van der Waals surface area contributed by atoms with Gasteiger partial charge >= 0.3 is 5.97 Å². The predicted octanol–water partition coefficient (Wildman–Crippen LogP) is 0.904. The number of carbonyl (C=O) groups excluding carboxylic acids is 1. The van der Waals surface area contributed by atoms with E-state index in [1.807, 2.05) is 4.90 Å². The molecule has 1 N–H and O–H groups in total. The van der Waals surface area contributed by atoms with Crippen LogP contribution in [-0.4, -0.2) is 49.1 Å². The Morgan fingerprint density at radius 1 is 1.45 bits per heavy atom. The Balaban J connectivity index is 2.38. The Labute approximate surface area is 118 Å². The third kappa shape index (κ3) is 2.81. The number of hydrogen-bond acceptors (Lipinski definition) is 5. The SMILES string of the molecule is COC(=O)C(C)(c1ccc(F)cn1)N1CCCNCC1. The van der Waals surface area contributed by atoms with E-state index < -0.39 is 11.4 Å². The number of nitrogens with one attached hydrogen (secondary N) is 1. The quantitative estimate of drug-likeness (QED) is 0.834. The summed E-state index contributed by atoms with van der Waals surface area (Å²) >= 11 is 0. The minimum atomic E-state index is -0.992. The molecule has 110 valence electrons. The zero-order valence-corrected chi connectivity index (χ0v) is 11.9. The van der Waals surface area contributed by atoms with Gasteiger partial charge in [-0.3, -0.25) is 9.88 Å². The first-order valence-corrected chi connectivity index (χ1v) is 6.75. The van der Waals surface area contributed by atoms with Crippen molar-refractivity contribution in [2.24, 2.45) is 0 Å². The molecule has 1 aromatic heterocycles. The van der Waals surface area contributed by atoms with Crippen molar-refractivity contribution < 1.29 is 13.9 Å². The molecule has 1 atom stereocenters. The van der Waals surface area contributed by atoms with Crippen LogP contribution >= 0.6 is 0 Å². The normalized spacial score (nSPS) is 19.9. The fourth-order valence-electron chi connectivity index (χ4n) is 2.55. The summed E-state index contributed by atoms with van der Waals surface area (Å²) in [7, 11) is 1.36. The maximum atomic E-state index is 13.1. The highest BCUT2D eigenvalue weighted by Gasteiger charge is 2.43. The van der Waals surface area contributed by atoms with Gasteiger partial charge in [0.2, 0.25) is 0 Å². The lowest BCUT2D eigenvalue weighted by Crippen LogP contribution is -2.52.